The van der Waals surface area contributed by atoms with E-state index < -0.39 is 29.5 Å². The van der Waals surface area contributed by atoms with Crippen LogP contribution in [0, 0.1) is 5.92 Å². The fraction of sp³-hybridized carbons (Fsp3) is 0.545. The van der Waals surface area contributed by atoms with Crippen LogP contribution in [-0.4, -0.2) is 58.8 Å². The summed E-state index contributed by atoms with van der Waals surface area (Å²) in [7, 11) is 1.29. The molecule has 30 heavy (non-hydrogen) atoms. The second-order valence-electron chi connectivity index (χ2n) is 8.62. The minimum atomic E-state index is -0.889. The third-order valence-corrected chi connectivity index (χ3v) is 6.71. The number of methoxy groups -OCH3 is 1. The molecular formula is C22H27N3O5. The largest absolute Gasteiger partial charge is 0.467 e. The average molecular weight is 413 g/mol. The summed E-state index contributed by atoms with van der Waals surface area (Å²) in [4.78, 5) is 53.6. The van der Waals surface area contributed by atoms with Crippen LogP contribution in [0.15, 0.2) is 24.3 Å². The van der Waals surface area contributed by atoms with E-state index in [4.69, 9.17) is 4.74 Å². The van der Waals surface area contributed by atoms with Crippen molar-refractivity contribution in [2.75, 3.05) is 13.7 Å². The lowest BCUT2D eigenvalue weighted by atomic mass is 9.77. The highest BCUT2D eigenvalue weighted by Gasteiger charge is 2.53. The number of amides is 4. The number of nitrogens with one attached hydrogen (secondary N) is 1. The van der Waals surface area contributed by atoms with E-state index in [2.05, 4.69) is 12.2 Å². The fourth-order valence-corrected chi connectivity index (χ4v) is 4.77. The standard InChI is InChI=1S/C22H27N3O5/c1-14-7-9-22(10-8-14)20(28)25(21(29)23-22)13-18(26)24-12-16-6-4-3-5-15(16)11-17(24)19(27)30-2/h3-6,14,17H,7-13H2,1-2H3,(H,23,29)/t14?,17-,22?/m0/s1. The summed E-state index contributed by atoms with van der Waals surface area (Å²) in [6, 6.07) is 6.30. The van der Waals surface area contributed by atoms with Crippen molar-refractivity contribution in [3.05, 3.63) is 35.4 Å². The predicted octanol–water partition coefficient (Wildman–Crippen LogP) is 1.61. The molecule has 1 spiro atoms. The molecule has 2 heterocycles. The van der Waals surface area contributed by atoms with Crippen LogP contribution < -0.4 is 5.32 Å². The number of benzene rings is 1. The van der Waals surface area contributed by atoms with Crippen LogP contribution in [0.25, 0.3) is 0 Å². The summed E-state index contributed by atoms with van der Waals surface area (Å²) >= 11 is 0. The lowest BCUT2D eigenvalue weighted by Gasteiger charge is -2.36. The predicted molar refractivity (Wildman–Crippen MR) is 107 cm³/mol. The van der Waals surface area contributed by atoms with Crippen molar-refractivity contribution >= 4 is 23.8 Å². The Labute approximate surface area is 175 Å². The Bertz CT molecular complexity index is 891. The van der Waals surface area contributed by atoms with Crippen molar-refractivity contribution in [2.24, 2.45) is 5.92 Å². The highest BCUT2D eigenvalue weighted by Crippen LogP contribution is 2.36. The first-order valence-electron chi connectivity index (χ1n) is 10.4. The molecule has 4 amide bonds. The van der Waals surface area contributed by atoms with Gasteiger partial charge in [0.25, 0.3) is 5.91 Å². The minimum absolute atomic E-state index is 0.237. The molecule has 1 aromatic carbocycles. The molecule has 1 saturated heterocycles. The van der Waals surface area contributed by atoms with Crippen molar-refractivity contribution < 1.29 is 23.9 Å². The summed E-state index contributed by atoms with van der Waals surface area (Å²) in [5.41, 5.74) is 1.04. The number of esters is 1. The Kier molecular flexibility index (Phi) is 5.26. The molecule has 0 unspecified atom stereocenters. The Morgan fingerprint density at radius 1 is 1.17 bits per heavy atom. The molecule has 2 aliphatic heterocycles. The zero-order valence-electron chi connectivity index (χ0n) is 17.3. The highest BCUT2D eigenvalue weighted by molar-refractivity contribution is 6.09. The Morgan fingerprint density at radius 2 is 1.83 bits per heavy atom. The summed E-state index contributed by atoms with van der Waals surface area (Å²) in [6.07, 6.45) is 3.25. The number of carbonyl (C=O) groups is 4. The molecule has 1 atom stereocenters. The van der Waals surface area contributed by atoms with Crippen molar-refractivity contribution in [3.63, 3.8) is 0 Å². The Hall–Kier alpha value is -2.90. The zero-order valence-corrected chi connectivity index (χ0v) is 17.3. The van der Waals surface area contributed by atoms with Gasteiger partial charge in [0.05, 0.1) is 7.11 Å². The van der Waals surface area contributed by atoms with Crippen molar-refractivity contribution in [1.82, 2.24) is 15.1 Å². The smallest absolute Gasteiger partial charge is 0.328 e. The number of rotatable bonds is 3. The Balaban J connectivity index is 1.53. The quantitative estimate of drug-likeness (QED) is 0.600. The lowest BCUT2D eigenvalue weighted by molar-refractivity contribution is -0.154. The molecule has 1 aliphatic carbocycles. The second kappa shape index (κ2) is 7.74. The number of nitrogens with zero attached hydrogens (tertiary/aromatic N) is 2. The van der Waals surface area contributed by atoms with Gasteiger partial charge < -0.3 is 15.0 Å². The molecule has 2 fully saturated rings. The van der Waals surface area contributed by atoms with E-state index in [0.29, 0.717) is 25.2 Å². The number of imide groups is 1. The molecule has 4 rings (SSSR count). The van der Waals surface area contributed by atoms with Gasteiger partial charge >= 0.3 is 12.0 Å². The van der Waals surface area contributed by atoms with Crippen LogP contribution in [0.3, 0.4) is 0 Å². The topological polar surface area (TPSA) is 96.0 Å². The van der Waals surface area contributed by atoms with Crippen LogP contribution in [0.5, 0.6) is 0 Å². The molecule has 0 bridgehead atoms. The van der Waals surface area contributed by atoms with E-state index in [0.717, 1.165) is 28.9 Å². The lowest BCUT2D eigenvalue weighted by Crippen LogP contribution is -2.53. The van der Waals surface area contributed by atoms with Gasteiger partial charge in [0.2, 0.25) is 5.91 Å². The van der Waals surface area contributed by atoms with Gasteiger partial charge in [0.15, 0.2) is 0 Å². The van der Waals surface area contributed by atoms with Crippen LogP contribution in [0.1, 0.15) is 43.7 Å². The molecule has 8 nitrogen and oxygen atoms in total. The zero-order chi connectivity index (χ0) is 21.5. The van der Waals surface area contributed by atoms with Crippen molar-refractivity contribution in [1.29, 1.82) is 0 Å². The van der Waals surface area contributed by atoms with E-state index in [1.165, 1.54) is 12.0 Å². The number of carbonyl (C=O) groups excluding carboxylic acids is 4. The average Bonchev–Trinajstić information content (AvgIpc) is 2.98. The Morgan fingerprint density at radius 3 is 2.50 bits per heavy atom. The van der Waals surface area contributed by atoms with Gasteiger partial charge in [-0.2, -0.15) is 0 Å². The molecule has 0 aromatic heterocycles. The maximum atomic E-state index is 13.2. The highest BCUT2D eigenvalue weighted by atomic mass is 16.5. The van der Waals surface area contributed by atoms with Gasteiger partial charge in [-0.15, -0.1) is 0 Å². The normalized spacial score (nSPS) is 28.3. The van der Waals surface area contributed by atoms with Crippen LogP contribution in [0.2, 0.25) is 0 Å². The van der Waals surface area contributed by atoms with Gasteiger partial charge in [-0.25, -0.2) is 9.59 Å². The van der Waals surface area contributed by atoms with Crippen molar-refractivity contribution in [3.8, 4) is 0 Å². The number of fused-ring (bicyclic) bond motifs is 1. The molecule has 1 N–H and O–H groups in total. The molecule has 1 saturated carbocycles. The second-order valence-corrected chi connectivity index (χ2v) is 8.62. The summed E-state index contributed by atoms with van der Waals surface area (Å²) in [5.74, 6) is -0.762. The third kappa shape index (κ3) is 3.44. The van der Waals surface area contributed by atoms with Gasteiger partial charge in [-0.05, 0) is 42.7 Å². The SMILES string of the molecule is COC(=O)[C@@H]1Cc2ccccc2CN1C(=O)CN1C(=O)NC2(CCC(C)CC2)C1=O. The number of urea groups is 1. The van der Waals surface area contributed by atoms with Crippen molar-refractivity contribution in [2.45, 2.75) is 57.2 Å². The first kappa shape index (κ1) is 20.4. The third-order valence-electron chi connectivity index (χ3n) is 6.71. The van der Waals surface area contributed by atoms with E-state index in [-0.39, 0.29) is 19.0 Å². The molecule has 0 radical (unpaired) electrons. The van der Waals surface area contributed by atoms with Crippen LogP contribution in [-0.2, 0) is 32.1 Å². The van der Waals surface area contributed by atoms with E-state index in [9.17, 15) is 19.2 Å². The molecule has 1 aromatic rings. The van der Waals surface area contributed by atoms with Gasteiger partial charge in [-0.1, -0.05) is 31.2 Å². The van der Waals surface area contributed by atoms with E-state index in [1.54, 1.807) is 0 Å². The monoisotopic (exact) mass is 413 g/mol. The molecule has 8 heteroatoms. The fourth-order valence-electron chi connectivity index (χ4n) is 4.77. The first-order valence-corrected chi connectivity index (χ1v) is 10.4. The number of ether oxygens (including phenoxy) is 1. The van der Waals surface area contributed by atoms with Gasteiger partial charge in [0, 0.05) is 13.0 Å². The van der Waals surface area contributed by atoms with Gasteiger partial charge in [0.1, 0.15) is 18.1 Å². The molecule has 3 aliphatic rings. The first-order chi connectivity index (χ1) is 14.3. The maximum absolute atomic E-state index is 13.2. The summed E-state index contributed by atoms with van der Waals surface area (Å²) in [6.45, 7) is 2.00. The van der Waals surface area contributed by atoms with Crippen LogP contribution >= 0.6 is 0 Å². The summed E-state index contributed by atoms with van der Waals surface area (Å²) < 4.78 is 4.90. The number of hydrogen-bond acceptors (Lipinski definition) is 5. The van der Waals surface area contributed by atoms with Gasteiger partial charge in [-0.3, -0.25) is 14.5 Å². The minimum Gasteiger partial charge on any atom is -0.467 e. The van der Waals surface area contributed by atoms with Crippen LogP contribution in [0.4, 0.5) is 4.79 Å². The molecular weight excluding hydrogens is 386 g/mol. The summed E-state index contributed by atoms with van der Waals surface area (Å²) in [5, 5.41) is 2.83. The molecule has 160 valence electrons. The van der Waals surface area contributed by atoms with E-state index in [1.807, 2.05) is 24.3 Å². The number of hydrogen-bond donors (Lipinski definition) is 1. The maximum Gasteiger partial charge on any atom is 0.328 e. The van der Waals surface area contributed by atoms with E-state index >= 15 is 0 Å².